The second kappa shape index (κ2) is 8.83. The summed E-state index contributed by atoms with van der Waals surface area (Å²) in [5.74, 6) is -1.00. The van der Waals surface area contributed by atoms with E-state index in [-0.39, 0.29) is 35.8 Å². The molecule has 1 heterocycles. The Balaban J connectivity index is 2.01. The fourth-order valence-electron chi connectivity index (χ4n) is 2.82. The van der Waals surface area contributed by atoms with E-state index in [1.165, 1.54) is 36.2 Å². The summed E-state index contributed by atoms with van der Waals surface area (Å²) in [7, 11) is -2.44. The second-order valence-corrected chi connectivity index (χ2v) is 8.63. The predicted octanol–water partition coefficient (Wildman–Crippen LogP) is 1.76. The minimum absolute atomic E-state index is 0.0697. The molecule has 1 amide bonds. The van der Waals surface area contributed by atoms with Crippen LogP contribution in [0.1, 0.15) is 19.8 Å². The number of carbonyl (C=O) groups excluding carboxylic acids is 2. The van der Waals surface area contributed by atoms with Gasteiger partial charge in [0, 0.05) is 25.2 Å². The van der Waals surface area contributed by atoms with Crippen LogP contribution in [0.5, 0.6) is 0 Å². The molecule has 1 saturated heterocycles. The van der Waals surface area contributed by atoms with Crippen LogP contribution in [0.15, 0.2) is 29.2 Å². The minimum Gasteiger partial charge on any atom is -0.466 e. The number of amides is 1. The number of carbonyl (C=O) groups is 2. The summed E-state index contributed by atoms with van der Waals surface area (Å²) in [5, 5.41) is 0.431. The molecule has 1 unspecified atom stereocenters. The molecular weight excluding hydrogens is 380 g/mol. The zero-order chi connectivity index (χ0) is 19.3. The Bertz CT molecular complexity index is 751. The number of likely N-dealkylation sites (N-methyl/N-ethyl adjacent to an activating group) is 1. The third kappa shape index (κ3) is 4.96. The third-order valence-electron chi connectivity index (χ3n) is 4.27. The van der Waals surface area contributed by atoms with E-state index < -0.39 is 10.0 Å². The normalized spacial score (nSPS) is 18.0. The number of rotatable bonds is 6. The first-order valence-corrected chi connectivity index (χ1v) is 10.2. The zero-order valence-corrected chi connectivity index (χ0v) is 16.4. The van der Waals surface area contributed by atoms with Gasteiger partial charge in [0.25, 0.3) is 0 Å². The average Bonchev–Trinajstić information content (AvgIpc) is 2.62. The van der Waals surface area contributed by atoms with E-state index in [9.17, 15) is 18.0 Å². The van der Waals surface area contributed by atoms with Crippen LogP contribution in [0, 0.1) is 5.92 Å². The van der Waals surface area contributed by atoms with Gasteiger partial charge in [0.15, 0.2) is 0 Å². The largest absolute Gasteiger partial charge is 0.466 e. The number of ether oxygens (including phenoxy) is 1. The van der Waals surface area contributed by atoms with Gasteiger partial charge in [-0.05, 0) is 44.0 Å². The number of hydrogen-bond acceptors (Lipinski definition) is 5. The molecule has 1 aromatic carbocycles. The van der Waals surface area contributed by atoms with E-state index >= 15 is 0 Å². The number of hydrogen-bond donors (Lipinski definition) is 0. The smallest absolute Gasteiger partial charge is 0.310 e. The summed E-state index contributed by atoms with van der Waals surface area (Å²) < 4.78 is 31.1. The maximum atomic E-state index is 12.6. The Labute approximate surface area is 158 Å². The number of benzene rings is 1. The summed E-state index contributed by atoms with van der Waals surface area (Å²) in [6.07, 6.45) is 1.35. The molecule has 1 aliphatic rings. The van der Waals surface area contributed by atoms with Crippen molar-refractivity contribution in [2.45, 2.75) is 24.7 Å². The number of piperidine rings is 1. The fourth-order valence-corrected chi connectivity index (χ4v) is 4.06. The number of esters is 1. The molecule has 26 heavy (non-hydrogen) atoms. The highest BCUT2D eigenvalue weighted by atomic mass is 35.5. The minimum atomic E-state index is -3.79. The van der Waals surface area contributed by atoms with Crippen LogP contribution in [-0.2, 0) is 24.3 Å². The molecule has 144 valence electrons. The maximum Gasteiger partial charge on any atom is 0.310 e. The molecule has 0 spiro atoms. The van der Waals surface area contributed by atoms with E-state index in [0.717, 1.165) is 4.31 Å². The van der Waals surface area contributed by atoms with Crippen LogP contribution >= 0.6 is 11.6 Å². The molecule has 0 saturated carbocycles. The standard InChI is InChI=1S/C17H23ClN2O5S/c1-3-25-17(22)13-5-4-10-20(11-13)16(21)12-19(2)26(23,24)15-8-6-14(18)7-9-15/h6-9,13H,3-5,10-12H2,1-2H3. The Morgan fingerprint density at radius 1 is 1.31 bits per heavy atom. The van der Waals surface area contributed by atoms with Crippen molar-refractivity contribution in [3.8, 4) is 0 Å². The van der Waals surface area contributed by atoms with Gasteiger partial charge in [0.05, 0.1) is 24.0 Å². The van der Waals surface area contributed by atoms with Crippen LogP contribution in [0.25, 0.3) is 0 Å². The summed E-state index contributed by atoms with van der Waals surface area (Å²) in [6, 6.07) is 5.77. The van der Waals surface area contributed by atoms with Gasteiger partial charge in [-0.3, -0.25) is 9.59 Å². The number of halogens is 1. The lowest BCUT2D eigenvalue weighted by Crippen LogP contribution is -2.47. The SMILES string of the molecule is CCOC(=O)C1CCCN(C(=O)CN(C)S(=O)(=O)c2ccc(Cl)cc2)C1. The monoisotopic (exact) mass is 402 g/mol. The Kier molecular flexibility index (Phi) is 7.02. The molecule has 7 nitrogen and oxygen atoms in total. The van der Waals surface area contributed by atoms with Crippen molar-refractivity contribution >= 4 is 33.5 Å². The molecular formula is C17H23ClN2O5S. The van der Waals surface area contributed by atoms with Gasteiger partial charge in [-0.2, -0.15) is 4.31 Å². The topological polar surface area (TPSA) is 84.0 Å². The summed E-state index contributed by atoms with van der Waals surface area (Å²) in [6.45, 7) is 2.50. The lowest BCUT2D eigenvalue weighted by molar-refractivity contribution is -0.151. The first-order valence-electron chi connectivity index (χ1n) is 8.42. The van der Waals surface area contributed by atoms with Crippen molar-refractivity contribution in [1.82, 2.24) is 9.21 Å². The molecule has 1 fully saturated rings. The lowest BCUT2D eigenvalue weighted by atomic mass is 9.98. The van der Waals surface area contributed by atoms with Crippen LogP contribution in [-0.4, -0.2) is 62.8 Å². The van der Waals surface area contributed by atoms with Gasteiger partial charge >= 0.3 is 5.97 Å². The van der Waals surface area contributed by atoms with Gasteiger partial charge in [0.2, 0.25) is 15.9 Å². The predicted molar refractivity (Wildman–Crippen MR) is 97.2 cm³/mol. The van der Waals surface area contributed by atoms with Crippen molar-refractivity contribution in [2.24, 2.45) is 5.92 Å². The van der Waals surface area contributed by atoms with Gasteiger partial charge < -0.3 is 9.64 Å². The second-order valence-electron chi connectivity index (χ2n) is 6.15. The molecule has 0 radical (unpaired) electrons. The molecule has 9 heteroatoms. The summed E-state index contributed by atoms with van der Waals surface area (Å²) >= 11 is 5.78. The van der Waals surface area contributed by atoms with Crippen molar-refractivity contribution in [3.63, 3.8) is 0 Å². The Morgan fingerprint density at radius 3 is 2.58 bits per heavy atom. The first-order chi connectivity index (χ1) is 12.3. The quantitative estimate of drug-likeness (QED) is 0.677. The van der Waals surface area contributed by atoms with Gasteiger partial charge in [-0.15, -0.1) is 0 Å². The van der Waals surface area contributed by atoms with Gasteiger partial charge in [-0.25, -0.2) is 8.42 Å². The highest BCUT2D eigenvalue weighted by Crippen LogP contribution is 2.20. The average molecular weight is 403 g/mol. The van der Waals surface area contributed by atoms with Crippen LogP contribution in [0.3, 0.4) is 0 Å². The van der Waals surface area contributed by atoms with E-state index in [1.807, 2.05) is 0 Å². The molecule has 1 aliphatic heterocycles. The lowest BCUT2D eigenvalue weighted by Gasteiger charge is -2.32. The third-order valence-corrected chi connectivity index (χ3v) is 6.34. The first kappa shape index (κ1) is 20.7. The van der Waals surface area contributed by atoms with Crippen LogP contribution in [0.2, 0.25) is 5.02 Å². The fraction of sp³-hybridized carbons (Fsp3) is 0.529. The molecule has 0 aromatic heterocycles. The molecule has 2 rings (SSSR count). The van der Waals surface area contributed by atoms with E-state index in [0.29, 0.717) is 31.0 Å². The van der Waals surface area contributed by atoms with Crippen molar-refractivity contribution in [2.75, 3.05) is 33.3 Å². The highest BCUT2D eigenvalue weighted by molar-refractivity contribution is 7.89. The Morgan fingerprint density at radius 2 is 1.96 bits per heavy atom. The van der Waals surface area contributed by atoms with E-state index in [1.54, 1.807) is 6.92 Å². The molecule has 0 aliphatic carbocycles. The summed E-state index contributed by atoms with van der Waals surface area (Å²) in [5.41, 5.74) is 0. The number of sulfonamides is 1. The van der Waals surface area contributed by atoms with Crippen LogP contribution < -0.4 is 0 Å². The zero-order valence-electron chi connectivity index (χ0n) is 14.9. The van der Waals surface area contributed by atoms with Crippen LogP contribution in [0.4, 0.5) is 0 Å². The Hall–Kier alpha value is -1.64. The molecule has 0 bridgehead atoms. The molecule has 0 N–H and O–H groups in total. The van der Waals surface area contributed by atoms with Crippen molar-refractivity contribution in [1.29, 1.82) is 0 Å². The molecule has 1 atom stereocenters. The highest BCUT2D eigenvalue weighted by Gasteiger charge is 2.31. The maximum absolute atomic E-state index is 12.6. The van der Waals surface area contributed by atoms with Crippen molar-refractivity contribution < 1.29 is 22.7 Å². The van der Waals surface area contributed by atoms with Gasteiger partial charge in [-0.1, -0.05) is 11.6 Å². The van der Waals surface area contributed by atoms with Crippen molar-refractivity contribution in [3.05, 3.63) is 29.3 Å². The molecule has 1 aromatic rings. The number of nitrogens with zero attached hydrogens (tertiary/aromatic N) is 2. The van der Waals surface area contributed by atoms with Gasteiger partial charge in [0.1, 0.15) is 0 Å². The summed E-state index contributed by atoms with van der Waals surface area (Å²) in [4.78, 5) is 26.0. The van der Waals surface area contributed by atoms with E-state index in [2.05, 4.69) is 0 Å². The number of likely N-dealkylation sites (tertiary alicyclic amines) is 1. The van der Waals surface area contributed by atoms with E-state index in [4.69, 9.17) is 16.3 Å².